The van der Waals surface area contributed by atoms with Gasteiger partial charge in [-0.2, -0.15) is 0 Å². The first-order chi connectivity index (χ1) is 6.70. The number of nitrogens with one attached hydrogen (secondary N) is 2. The maximum Gasteiger partial charge on any atom is 0.305 e. The fraction of sp³-hybridized carbons (Fsp3) is 0.778. The summed E-state index contributed by atoms with van der Waals surface area (Å²) in [5, 5.41) is 14.1. The van der Waals surface area contributed by atoms with Crippen LogP contribution >= 0.6 is 0 Å². The molecule has 1 heterocycles. The molecule has 0 bridgehead atoms. The lowest BCUT2D eigenvalue weighted by Crippen LogP contribution is -2.41. The zero-order valence-corrected chi connectivity index (χ0v) is 8.08. The summed E-state index contributed by atoms with van der Waals surface area (Å²) in [4.78, 5) is 21.6. The minimum Gasteiger partial charge on any atom is -0.481 e. The first kappa shape index (κ1) is 11.0. The number of aliphatic carboxylic acids is 1. The van der Waals surface area contributed by atoms with E-state index in [1.54, 1.807) is 0 Å². The summed E-state index contributed by atoms with van der Waals surface area (Å²) in [5.41, 5.74) is 0. The van der Waals surface area contributed by atoms with Crippen molar-refractivity contribution < 1.29 is 14.7 Å². The van der Waals surface area contributed by atoms with Crippen LogP contribution in [0.5, 0.6) is 0 Å². The summed E-state index contributed by atoms with van der Waals surface area (Å²) in [7, 11) is 0. The Morgan fingerprint density at radius 2 is 2.29 bits per heavy atom. The molecule has 0 aromatic rings. The van der Waals surface area contributed by atoms with Gasteiger partial charge in [-0.3, -0.25) is 9.59 Å². The Morgan fingerprint density at radius 3 is 2.86 bits per heavy atom. The second-order valence-electron chi connectivity index (χ2n) is 3.48. The topological polar surface area (TPSA) is 78.4 Å². The molecule has 0 saturated carbocycles. The molecule has 1 saturated heterocycles. The van der Waals surface area contributed by atoms with Crippen molar-refractivity contribution in [2.24, 2.45) is 5.92 Å². The van der Waals surface area contributed by atoms with Crippen molar-refractivity contribution >= 4 is 11.9 Å². The molecule has 0 spiro atoms. The average Bonchev–Trinajstić information content (AvgIpc) is 2.18. The molecule has 1 aliphatic heterocycles. The summed E-state index contributed by atoms with van der Waals surface area (Å²) in [6.07, 6.45) is 1.90. The van der Waals surface area contributed by atoms with Crippen molar-refractivity contribution in [2.75, 3.05) is 19.6 Å². The van der Waals surface area contributed by atoms with Crippen LogP contribution in [0, 0.1) is 5.92 Å². The van der Waals surface area contributed by atoms with E-state index in [1.165, 1.54) is 0 Å². The molecule has 80 valence electrons. The number of carbonyl (C=O) groups is 2. The van der Waals surface area contributed by atoms with E-state index in [0.717, 1.165) is 19.4 Å². The van der Waals surface area contributed by atoms with Crippen LogP contribution in [0.15, 0.2) is 0 Å². The molecule has 0 radical (unpaired) electrons. The summed E-state index contributed by atoms with van der Waals surface area (Å²) in [6, 6.07) is 0. The molecule has 3 N–H and O–H groups in total. The quantitative estimate of drug-likeness (QED) is 0.575. The summed E-state index contributed by atoms with van der Waals surface area (Å²) >= 11 is 0. The van der Waals surface area contributed by atoms with Crippen LogP contribution in [-0.2, 0) is 9.59 Å². The van der Waals surface area contributed by atoms with E-state index in [4.69, 9.17) is 5.11 Å². The fourth-order valence-electron chi connectivity index (χ4n) is 1.51. The van der Waals surface area contributed by atoms with Crippen LogP contribution in [0.25, 0.3) is 0 Å². The third-order valence-electron chi connectivity index (χ3n) is 2.31. The van der Waals surface area contributed by atoms with E-state index in [9.17, 15) is 9.59 Å². The van der Waals surface area contributed by atoms with Gasteiger partial charge in [-0.1, -0.05) is 0 Å². The smallest absolute Gasteiger partial charge is 0.305 e. The molecule has 0 aliphatic carbocycles. The van der Waals surface area contributed by atoms with Crippen LogP contribution in [0.2, 0.25) is 0 Å². The largest absolute Gasteiger partial charge is 0.481 e. The second-order valence-corrected chi connectivity index (χ2v) is 3.48. The molecule has 1 rings (SSSR count). The molecule has 1 fully saturated rings. The van der Waals surface area contributed by atoms with Crippen molar-refractivity contribution in [3.63, 3.8) is 0 Å². The standard InChI is InChI=1S/C9H16N2O3/c12-8(13)3-5-11-9(14)7-2-1-4-10-6-7/h7,10H,1-6H2,(H,11,14)(H,12,13)/t7-/m1/s1. The van der Waals surface area contributed by atoms with Crippen LogP contribution < -0.4 is 10.6 Å². The van der Waals surface area contributed by atoms with Crippen LogP contribution in [0.4, 0.5) is 0 Å². The zero-order valence-electron chi connectivity index (χ0n) is 8.08. The van der Waals surface area contributed by atoms with E-state index in [2.05, 4.69) is 10.6 Å². The molecule has 1 amide bonds. The molecule has 0 unspecified atom stereocenters. The zero-order chi connectivity index (χ0) is 10.4. The van der Waals surface area contributed by atoms with Gasteiger partial charge in [0.15, 0.2) is 0 Å². The maximum absolute atomic E-state index is 11.4. The number of amides is 1. The van der Waals surface area contributed by atoms with E-state index in [-0.39, 0.29) is 24.8 Å². The number of rotatable bonds is 4. The highest BCUT2D eigenvalue weighted by Crippen LogP contribution is 2.09. The Labute approximate surface area is 82.9 Å². The predicted molar refractivity (Wildman–Crippen MR) is 50.9 cm³/mol. The van der Waals surface area contributed by atoms with Crippen LogP contribution in [-0.4, -0.2) is 36.6 Å². The Kier molecular flexibility index (Phi) is 4.39. The third kappa shape index (κ3) is 3.74. The van der Waals surface area contributed by atoms with Crippen molar-refractivity contribution in [3.05, 3.63) is 0 Å². The highest BCUT2D eigenvalue weighted by molar-refractivity contribution is 5.79. The molecule has 1 atom stereocenters. The Balaban J connectivity index is 2.16. The van der Waals surface area contributed by atoms with E-state index < -0.39 is 5.97 Å². The Bertz CT molecular complexity index is 212. The van der Waals surface area contributed by atoms with Gasteiger partial charge in [-0.25, -0.2) is 0 Å². The van der Waals surface area contributed by atoms with Gasteiger partial charge in [-0.15, -0.1) is 0 Å². The lowest BCUT2D eigenvalue weighted by Gasteiger charge is -2.21. The van der Waals surface area contributed by atoms with E-state index in [0.29, 0.717) is 6.54 Å². The molecule has 14 heavy (non-hydrogen) atoms. The van der Waals surface area contributed by atoms with Gasteiger partial charge in [0, 0.05) is 13.1 Å². The summed E-state index contributed by atoms with van der Waals surface area (Å²) in [6.45, 7) is 1.91. The van der Waals surface area contributed by atoms with Gasteiger partial charge in [0.25, 0.3) is 0 Å². The van der Waals surface area contributed by atoms with Gasteiger partial charge >= 0.3 is 5.97 Å². The first-order valence-corrected chi connectivity index (χ1v) is 4.90. The lowest BCUT2D eigenvalue weighted by atomic mass is 9.99. The van der Waals surface area contributed by atoms with Gasteiger partial charge < -0.3 is 15.7 Å². The number of hydrogen-bond acceptors (Lipinski definition) is 3. The van der Waals surface area contributed by atoms with Crippen LogP contribution in [0.3, 0.4) is 0 Å². The molecular formula is C9H16N2O3. The molecule has 0 aromatic heterocycles. The fourth-order valence-corrected chi connectivity index (χ4v) is 1.51. The van der Waals surface area contributed by atoms with Gasteiger partial charge in [-0.05, 0) is 19.4 Å². The lowest BCUT2D eigenvalue weighted by molar-refractivity contribution is -0.137. The molecule has 0 aromatic carbocycles. The first-order valence-electron chi connectivity index (χ1n) is 4.90. The van der Waals surface area contributed by atoms with Crippen molar-refractivity contribution in [1.82, 2.24) is 10.6 Å². The van der Waals surface area contributed by atoms with Crippen molar-refractivity contribution in [3.8, 4) is 0 Å². The summed E-state index contributed by atoms with van der Waals surface area (Å²) < 4.78 is 0. The molecule has 5 heteroatoms. The van der Waals surface area contributed by atoms with Gasteiger partial charge in [0.05, 0.1) is 12.3 Å². The van der Waals surface area contributed by atoms with Crippen molar-refractivity contribution in [2.45, 2.75) is 19.3 Å². The normalized spacial score (nSPS) is 21.6. The Hall–Kier alpha value is -1.10. The minimum atomic E-state index is -0.882. The number of carboxylic acid groups (broad SMARTS) is 1. The molecular weight excluding hydrogens is 184 g/mol. The van der Waals surface area contributed by atoms with Crippen molar-refractivity contribution in [1.29, 1.82) is 0 Å². The maximum atomic E-state index is 11.4. The van der Waals surface area contributed by atoms with E-state index >= 15 is 0 Å². The minimum absolute atomic E-state index is 0.00805. The number of carboxylic acids is 1. The number of carbonyl (C=O) groups excluding carboxylic acids is 1. The predicted octanol–water partition coefficient (Wildman–Crippen LogP) is -0.423. The number of piperidine rings is 1. The highest BCUT2D eigenvalue weighted by Gasteiger charge is 2.20. The summed E-state index contributed by atoms with van der Waals surface area (Å²) in [5.74, 6) is -0.900. The van der Waals surface area contributed by atoms with Crippen LogP contribution in [0.1, 0.15) is 19.3 Å². The highest BCUT2D eigenvalue weighted by atomic mass is 16.4. The van der Waals surface area contributed by atoms with E-state index in [1.807, 2.05) is 0 Å². The monoisotopic (exact) mass is 200 g/mol. The second kappa shape index (κ2) is 5.59. The third-order valence-corrected chi connectivity index (χ3v) is 2.31. The van der Waals surface area contributed by atoms with Gasteiger partial charge in [0.2, 0.25) is 5.91 Å². The molecule has 1 aliphatic rings. The molecule has 5 nitrogen and oxygen atoms in total. The Morgan fingerprint density at radius 1 is 1.50 bits per heavy atom. The number of hydrogen-bond donors (Lipinski definition) is 3. The average molecular weight is 200 g/mol. The SMILES string of the molecule is O=C(O)CCNC(=O)[C@@H]1CCCNC1. The van der Waals surface area contributed by atoms with Gasteiger partial charge in [0.1, 0.15) is 0 Å².